The first-order chi connectivity index (χ1) is 26.3. The van der Waals surface area contributed by atoms with Crippen molar-refractivity contribution in [2.45, 2.75) is 24.7 Å². The molecule has 3 aromatic heterocycles. The molecule has 3 heterocycles. The molecule has 8 rings (SSSR count). The van der Waals surface area contributed by atoms with Crippen LogP contribution in [0.3, 0.4) is 0 Å². The second-order valence-corrected chi connectivity index (χ2v) is 12.8. The number of hydrogen-bond acceptors (Lipinski definition) is 2. The maximum atomic E-state index is 13.9. The minimum atomic E-state index is -4.85. The van der Waals surface area contributed by atoms with Crippen LogP contribution < -0.4 is 0 Å². The van der Waals surface area contributed by atoms with Gasteiger partial charge >= 0.3 is 24.7 Å². The summed E-state index contributed by atoms with van der Waals surface area (Å²) < 4.78 is 170. The third-order valence-corrected chi connectivity index (χ3v) is 9.54. The van der Waals surface area contributed by atoms with Crippen molar-refractivity contribution in [1.29, 1.82) is 5.26 Å². The van der Waals surface area contributed by atoms with Crippen LogP contribution >= 0.6 is 0 Å². The lowest BCUT2D eigenvalue weighted by Gasteiger charge is -2.19. The van der Waals surface area contributed by atoms with E-state index in [1.807, 2.05) is 6.07 Å². The normalized spacial score (nSPS) is 13.0. The lowest BCUT2D eigenvalue weighted by Crippen LogP contribution is -2.05. The van der Waals surface area contributed by atoms with Crippen molar-refractivity contribution in [2.75, 3.05) is 0 Å². The number of rotatable bonds is 3. The van der Waals surface area contributed by atoms with E-state index in [0.29, 0.717) is 0 Å². The highest BCUT2D eigenvalue weighted by Crippen LogP contribution is 2.45. The molecule has 4 nitrogen and oxygen atoms in total. The van der Waals surface area contributed by atoms with Crippen LogP contribution in [0.1, 0.15) is 27.8 Å². The van der Waals surface area contributed by atoms with E-state index >= 15 is 0 Å². The molecule has 5 aromatic carbocycles. The Labute approximate surface area is 306 Å². The summed E-state index contributed by atoms with van der Waals surface area (Å²) in [4.78, 5) is 4.21. The van der Waals surface area contributed by atoms with Crippen molar-refractivity contribution in [3.8, 4) is 28.6 Å². The summed E-state index contributed by atoms with van der Waals surface area (Å²) in [5.41, 5.74) is -3.55. The Balaban J connectivity index is 1.46. The third-order valence-electron chi connectivity index (χ3n) is 9.54. The van der Waals surface area contributed by atoms with Crippen molar-refractivity contribution < 1.29 is 52.7 Å². The van der Waals surface area contributed by atoms with E-state index in [-0.39, 0.29) is 71.7 Å². The lowest BCUT2D eigenvalue weighted by molar-refractivity contribution is -0.138. The number of aromatic nitrogens is 3. The molecule has 0 saturated carbocycles. The molecule has 0 spiro atoms. The van der Waals surface area contributed by atoms with Gasteiger partial charge in [0.15, 0.2) is 0 Å². The minimum Gasteiger partial charge on any atom is -0.309 e. The van der Waals surface area contributed by atoms with Gasteiger partial charge in [-0.05, 0) is 97.1 Å². The molecule has 0 saturated heterocycles. The topological polar surface area (TPSA) is 46.5 Å². The van der Waals surface area contributed by atoms with E-state index in [9.17, 15) is 57.9 Å². The van der Waals surface area contributed by atoms with Crippen molar-refractivity contribution in [3.63, 3.8) is 0 Å². The summed E-state index contributed by atoms with van der Waals surface area (Å²) in [6.07, 6.45) is -16.8. The summed E-state index contributed by atoms with van der Waals surface area (Å²) in [5.74, 6) is 0. The number of nitriles is 1. The summed E-state index contributed by atoms with van der Waals surface area (Å²) in [6, 6.07) is 18.0. The zero-order valence-corrected chi connectivity index (χ0v) is 27.7. The second kappa shape index (κ2) is 12.3. The molecular formula is C40H18F12N4. The van der Waals surface area contributed by atoms with Gasteiger partial charge in [-0.25, -0.2) is 0 Å². The van der Waals surface area contributed by atoms with Gasteiger partial charge in [-0.2, -0.15) is 57.9 Å². The SMILES string of the molecule is N#Cc1ccc(-n2c3ccc(C(F)(F)F)cc3c3cc(C(F)(F)F)ccc32)c(-c2cnccc2-n2c3ccc(C(F)(F)F)cc3c3cc(C(F)(F)F)ccc32)c1. The van der Waals surface area contributed by atoms with Gasteiger partial charge in [0.25, 0.3) is 0 Å². The molecule has 16 heteroatoms. The molecule has 56 heavy (non-hydrogen) atoms. The molecule has 282 valence electrons. The van der Waals surface area contributed by atoms with Crippen LogP contribution in [0.2, 0.25) is 0 Å². The maximum absolute atomic E-state index is 13.9. The molecule has 0 radical (unpaired) electrons. The predicted octanol–water partition coefficient (Wildman–Crippen LogP) is 12.9. The zero-order valence-electron chi connectivity index (χ0n) is 27.7. The summed E-state index contributed by atoms with van der Waals surface area (Å²) in [5, 5.41) is 9.25. The number of hydrogen-bond donors (Lipinski definition) is 0. The molecule has 0 aliphatic heterocycles. The number of alkyl halides is 12. The van der Waals surface area contributed by atoms with Gasteiger partial charge in [-0.3, -0.25) is 4.98 Å². The van der Waals surface area contributed by atoms with Gasteiger partial charge in [0.2, 0.25) is 0 Å². The van der Waals surface area contributed by atoms with E-state index in [4.69, 9.17) is 0 Å². The van der Waals surface area contributed by atoms with Crippen LogP contribution in [0.25, 0.3) is 66.1 Å². The third kappa shape index (κ3) is 5.94. The minimum absolute atomic E-state index is 0.0555. The van der Waals surface area contributed by atoms with Gasteiger partial charge in [0.05, 0.1) is 67.3 Å². The quantitative estimate of drug-likeness (QED) is 0.168. The molecule has 0 fully saturated rings. The molecule has 0 N–H and O–H groups in total. The fourth-order valence-corrected chi connectivity index (χ4v) is 7.08. The van der Waals surface area contributed by atoms with Crippen molar-refractivity contribution in [3.05, 3.63) is 137 Å². The van der Waals surface area contributed by atoms with Crippen LogP contribution in [0, 0.1) is 11.3 Å². The van der Waals surface area contributed by atoms with Gasteiger partial charge < -0.3 is 9.13 Å². The van der Waals surface area contributed by atoms with E-state index in [1.54, 1.807) is 0 Å². The number of fused-ring (bicyclic) bond motifs is 6. The number of nitrogens with zero attached hydrogens (tertiary/aromatic N) is 4. The predicted molar refractivity (Wildman–Crippen MR) is 183 cm³/mol. The maximum Gasteiger partial charge on any atom is 0.416 e. The first-order valence-corrected chi connectivity index (χ1v) is 16.2. The molecule has 0 aliphatic carbocycles. The largest absolute Gasteiger partial charge is 0.416 e. The van der Waals surface area contributed by atoms with E-state index in [2.05, 4.69) is 4.98 Å². The Morgan fingerprint density at radius 3 is 1.12 bits per heavy atom. The van der Waals surface area contributed by atoms with Crippen LogP contribution in [-0.2, 0) is 24.7 Å². The van der Waals surface area contributed by atoms with Crippen molar-refractivity contribution >= 4 is 43.6 Å². The first kappa shape index (κ1) is 36.5. The van der Waals surface area contributed by atoms with Gasteiger partial charge in [0.1, 0.15) is 0 Å². The Hall–Kier alpha value is -6.50. The summed E-state index contributed by atoms with van der Waals surface area (Å²) in [7, 11) is 0. The molecule has 8 aromatic rings. The lowest BCUT2D eigenvalue weighted by atomic mass is 10.00. The number of halogens is 12. The standard InChI is InChI=1S/C40H18F12N4/c41-37(42,43)21-2-7-32-26(14-21)27-15-22(38(44,45)46)3-8-33(27)55(32)31-6-1-20(18-53)13-25(31)30-19-54-12-11-36(30)56-34-9-4-23(39(47,48)49)16-28(34)29-17-24(40(50,51)52)5-10-35(29)56/h1-17,19H. The Bertz CT molecular complexity index is 2790. The van der Waals surface area contributed by atoms with E-state index in [1.165, 1.54) is 45.8 Å². The number of benzene rings is 5. The number of pyridine rings is 1. The molecule has 0 bridgehead atoms. The average Bonchev–Trinajstić information content (AvgIpc) is 3.64. The molecule has 0 atom stereocenters. The van der Waals surface area contributed by atoms with Crippen molar-refractivity contribution in [1.82, 2.24) is 14.1 Å². The molecular weight excluding hydrogens is 764 g/mol. The fourth-order valence-electron chi connectivity index (χ4n) is 7.08. The highest BCUT2D eigenvalue weighted by Gasteiger charge is 2.35. The van der Waals surface area contributed by atoms with Gasteiger partial charge in [-0.1, -0.05) is 0 Å². The Morgan fingerprint density at radius 2 is 0.786 bits per heavy atom. The average molecular weight is 783 g/mol. The molecule has 0 unspecified atom stereocenters. The van der Waals surface area contributed by atoms with E-state index in [0.717, 1.165) is 72.8 Å². The second-order valence-electron chi connectivity index (χ2n) is 12.8. The molecule has 0 aliphatic rings. The Morgan fingerprint density at radius 1 is 0.429 bits per heavy atom. The van der Waals surface area contributed by atoms with Crippen LogP contribution in [0.15, 0.2) is 109 Å². The fraction of sp³-hybridized carbons (Fsp3) is 0.100. The van der Waals surface area contributed by atoms with Crippen LogP contribution in [0.5, 0.6) is 0 Å². The highest BCUT2D eigenvalue weighted by atomic mass is 19.4. The van der Waals surface area contributed by atoms with Crippen molar-refractivity contribution in [2.24, 2.45) is 0 Å². The molecule has 0 amide bonds. The monoisotopic (exact) mass is 782 g/mol. The van der Waals surface area contributed by atoms with Gasteiger partial charge in [0, 0.05) is 45.1 Å². The first-order valence-electron chi connectivity index (χ1n) is 16.2. The summed E-state index contributed by atoms with van der Waals surface area (Å²) in [6.45, 7) is 0. The van der Waals surface area contributed by atoms with Crippen LogP contribution in [-0.4, -0.2) is 14.1 Å². The smallest absolute Gasteiger partial charge is 0.309 e. The zero-order chi connectivity index (χ0) is 40.1. The van der Waals surface area contributed by atoms with Gasteiger partial charge in [-0.15, -0.1) is 0 Å². The highest BCUT2D eigenvalue weighted by molar-refractivity contribution is 6.12. The van der Waals surface area contributed by atoms with E-state index < -0.39 is 47.0 Å². The Kier molecular flexibility index (Phi) is 7.98. The summed E-state index contributed by atoms with van der Waals surface area (Å²) >= 11 is 0. The van der Waals surface area contributed by atoms with Crippen LogP contribution in [0.4, 0.5) is 52.7 Å².